The van der Waals surface area contributed by atoms with Crippen LogP contribution in [-0.2, 0) is 4.79 Å². The number of para-hydroxylation sites is 1. The molecule has 1 aromatic carbocycles. The van der Waals surface area contributed by atoms with Crippen molar-refractivity contribution in [3.05, 3.63) is 40.0 Å². The van der Waals surface area contributed by atoms with Crippen molar-refractivity contribution in [1.29, 1.82) is 0 Å². The molecule has 5 nitrogen and oxygen atoms in total. The van der Waals surface area contributed by atoms with Crippen molar-refractivity contribution < 1.29 is 9.72 Å². The Kier molecular flexibility index (Phi) is 2.96. The van der Waals surface area contributed by atoms with E-state index in [-0.39, 0.29) is 11.4 Å². The van der Waals surface area contributed by atoms with Gasteiger partial charge in [0, 0.05) is 0 Å². The van der Waals surface area contributed by atoms with Crippen LogP contribution in [0.3, 0.4) is 0 Å². The average molecular weight is 192 g/mol. The Morgan fingerprint density at radius 3 is 2.71 bits per heavy atom. The predicted molar refractivity (Wildman–Crippen MR) is 52.6 cm³/mol. The van der Waals surface area contributed by atoms with Crippen LogP contribution < -0.4 is 5.73 Å². The van der Waals surface area contributed by atoms with Crippen molar-refractivity contribution in [3.63, 3.8) is 0 Å². The fourth-order valence-corrected chi connectivity index (χ4v) is 1.07. The van der Waals surface area contributed by atoms with Crippen molar-refractivity contribution in [1.82, 2.24) is 0 Å². The number of nitrogen functional groups attached to an aromatic ring is 1. The number of nitro benzene ring substituents is 1. The molecular weight excluding hydrogens is 184 g/mol. The van der Waals surface area contributed by atoms with Gasteiger partial charge in [0.05, 0.1) is 10.5 Å². The van der Waals surface area contributed by atoms with Gasteiger partial charge in [0.2, 0.25) is 0 Å². The lowest BCUT2D eigenvalue weighted by Gasteiger charge is -1.99. The van der Waals surface area contributed by atoms with E-state index in [1.165, 1.54) is 24.3 Å². The van der Waals surface area contributed by atoms with E-state index in [2.05, 4.69) is 0 Å². The molecule has 72 valence electrons. The molecule has 0 spiro atoms. The second-order valence-electron chi connectivity index (χ2n) is 2.54. The van der Waals surface area contributed by atoms with E-state index < -0.39 is 4.92 Å². The summed E-state index contributed by atoms with van der Waals surface area (Å²) in [4.78, 5) is 20.1. The van der Waals surface area contributed by atoms with E-state index in [0.717, 1.165) is 0 Å². The summed E-state index contributed by atoms with van der Waals surface area (Å²) in [6.45, 7) is 0. The highest BCUT2D eigenvalue weighted by molar-refractivity contribution is 5.79. The third kappa shape index (κ3) is 1.95. The molecule has 1 rings (SSSR count). The molecule has 0 aliphatic rings. The summed E-state index contributed by atoms with van der Waals surface area (Å²) in [5.74, 6) is 0. The number of allylic oxidation sites excluding steroid dienone is 1. The number of rotatable bonds is 3. The van der Waals surface area contributed by atoms with Crippen molar-refractivity contribution in [3.8, 4) is 0 Å². The Balaban J connectivity index is 3.27. The molecule has 0 unspecified atom stereocenters. The third-order valence-electron chi connectivity index (χ3n) is 1.64. The fourth-order valence-electron chi connectivity index (χ4n) is 1.07. The summed E-state index contributed by atoms with van der Waals surface area (Å²) in [5, 5.41) is 10.6. The highest BCUT2D eigenvalue weighted by atomic mass is 16.6. The van der Waals surface area contributed by atoms with Crippen molar-refractivity contribution in [2.24, 2.45) is 0 Å². The van der Waals surface area contributed by atoms with Crippen LogP contribution in [0.5, 0.6) is 0 Å². The van der Waals surface area contributed by atoms with Gasteiger partial charge in [-0.15, -0.1) is 0 Å². The van der Waals surface area contributed by atoms with Crippen molar-refractivity contribution >= 4 is 23.7 Å². The normalized spacial score (nSPS) is 10.3. The second kappa shape index (κ2) is 4.18. The van der Waals surface area contributed by atoms with E-state index >= 15 is 0 Å². The molecule has 0 aliphatic heterocycles. The first-order valence-corrected chi connectivity index (χ1v) is 3.81. The Morgan fingerprint density at radius 1 is 1.43 bits per heavy atom. The molecular formula is C9H8N2O3. The Morgan fingerprint density at radius 2 is 2.14 bits per heavy atom. The molecule has 0 aromatic heterocycles. The number of aldehydes is 1. The zero-order valence-electron chi connectivity index (χ0n) is 7.21. The SMILES string of the molecule is Nc1cccc(C=CC=O)c1[N+](=O)[O-]. The zero-order valence-corrected chi connectivity index (χ0v) is 7.21. The van der Waals surface area contributed by atoms with E-state index in [1.54, 1.807) is 6.07 Å². The number of nitrogens with zero attached hydrogens (tertiary/aromatic N) is 1. The minimum absolute atomic E-state index is 0.0862. The van der Waals surface area contributed by atoms with E-state index in [4.69, 9.17) is 5.73 Å². The third-order valence-corrected chi connectivity index (χ3v) is 1.64. The van der Waals surface area contributed by atoms with Crippen LogP contribution >= 0.6 is 0 Å². The summed E-state index contributed by atoms with van der Waals surface area (Å²) in [6, 6.07) is 4.55. The first kappa shape index (κ1) is 9.91. The Bertz CT molecular complexity index is 399. The number of nitro groups is 1. The van der Waals surface area contributed by atoms with Crippen molar-refractivity contribution in [2.75, 3.05) is 5.73 Å². The molecule has 5 heteroatoms. The lowest BCUT2D eigenvalue weighted by atomic mass is 10.1. The number of carbonyl (C=O) groups is 1. The number of carbonyl (C=O) groups excluding carboxylic acids is 1. The van der Waals surface area contributed by atoms with Gasteiger partial charge in [0.15, 0.2) is 0 Å². The maximum atomic E-state index is 10.6. The molecule has 0 fully saturated rings. The van der Waals surface area contributed by atoms with Crippen LogP contribution in [0, 0.1) is 10.1 Å². The number of anilines is 1. The van der Waals surface area contributed by atoms with Crippen LogP contribution in [0.25, 0.3) is 6.08 Å². The zero-order chi connectivity index (χ0) is 10.6. The second-order valence-corrected chi connectivity index (χ2v) is 2.54. The molecule has 1 aromatic rings. The number of hydrogen-bond donors (Lipinski definition) is 1. The minimum Gasteiger partial charge on any atom is -0.393 e. The lowest BCUT2D eigenvalue weighted by Crippen LogP contribution is -1.97. The van der Waals surface area contributed by atoms with Gasteiger partial charge in [-0.2, -0.15) is 0 Å². The molecule has 14 heavy (non-hydrogen) atoms. The van der Waals surface area contributed by atoms with Gasteiger partial charge in [0.25, 0.3) is 5.69 Å². The van der Waals surface area contributed by atoms with Crippen molar-refractivity contribution in [2.45, 2.75) is 0 Å². The number of benzene rings is 1. The Hall–Kier alpha value is -2.17. The van der Waals surface area contributed by atoms with Gasteiger partial charge in [0.1, 0.15) is 12.0 Å². The monoisotopic (exact) mass is 192 g/mol. The maximum absolute atomic E-state index is 10.6. The predicted octanol–water partition coefficient (Wildman–Crippen LogP) is 1.39. The van der Waals surface area contributed by atoms with Gasteiger partial charge in [-0.3, -0.25) is 14.9 Å². The first-order chi connectivity index (χ1) is 6.66. The van der Waals surface area contributed by atoms with Crippen LogP contribution in [0.4, 0.5) is 11.4 Å². The summed E-state index contributed by atoms with van der Waals surface area (Å²) in [6.07, 6.45) is 3.08. The quantitative estimate of drug-likeness (QED) is 0.258. The smallest absolute Gasteiger partial charge is 0.299 e. The highest BCUT2D eigenvalue weighted by Gasteiger charge is 2.14. The van der Waals surface area contributed by atoms with Crippen LogP contribution in [0.2, 0.25) is 0 Å². The van der Waals surface area contributed by atoms with Gasteiger partial charge >= 0.3 is 0 Å². The van der Waals surface area contributed by atoms with Gasteiger partial charge in [-0.25, -0.2) is 0 Å². The van der Waals surface area contributed by atoms with Crippen LogP contribution in [-0.4, -0.2) is 11.2 Å². The summed E-state index contributed by atoms with van der Waals surface area (Å²) >= 11 is 0. The standard InChI is InChI=1S/C9H8N2O3/c10-8-5-1-3-7(4-2-6-12)9(8)11(13)14/h1-6H,10H2. The van der Waals surface area contributed by atoms with Gasteiger partial charge in [-0.05, 0) is 24.3 Å². The largest absolute Gasteiger partial charge is 0.393 e. The average Bonchev–Trinajstić information content (AvgIpc) is 2.14. The number of hydrogen-bond acceptors (Lipinski definition) is 4. The molecule has 0 amide bonds. The molecule has 0 heterocycles. The fraction of sp³-hybridized carbons (Fsp3) is 0. The van der Waals surface area contributed by atoms with E-state index in [9.17, 15) is 14.9 Å². The molecule has 0 bridgehead atoms. The molecule has 0 aliphatic carbocycles. The van der Waals surface area contributed by atoms with E-state index in [1.807, 2.05) is 0 Å². The molecule has 0 saturated heterocycles. The Labute approximate surface area is 80.0 Å². The molecule has 0 radical (unpaired) electrons. The van der Waals surface area contributed by atoms with E-state index in [0.29, 0.717) is 11.8 Å². The number of nitrogens with two attached hydrogens (primary N) is 1. The van der Waals surface area contributed by atoms with Crippen LogP contribution in [0.15, 0.2) is 24.3 Å². The molecule has 0 saturated carbocycles. The summed E-state index contributed by atoms with van der Waals surface area (Å²) in [7, 11) is 0. The maximum Gasteiger partial charge on any atom is 0.299 e. The molecule has 2 N–H and O–H groups in total. The van der Waals surface area contributed by atoms with Crippen LogP contribution in [0.1, 0.15) is 5.56 Å². The highest BCUT2D eigenvalue weighted by Crippen LogP contribution is 2.26. The minimum atomic E-state index is -0.570. The topological polar surface area (TPSA) is 86.2 Å². The summed E-state index contributed by atoms with van der Waals surface area (Å²) < 4.78 is 0. The van der Waals surface area contributed by atoms with Gasteiger partial charge in [-0.1, -0.05) is 6.07 Å². The lowest BCUT2D eigenvalue weighted by molar-refractivity contribution is -0.384. The van der Waals surface area contributed by atoms with Gasteiger partial charge < -0.3 is 5.73 Å². The first-order valence-electron chi connectivity index (χ1n) is 3.81. The molecule has 0 atom stereocenters. The summed E-state index contributed by atoms with van der Waals surface area (Å²) in [5.41, 5.74) is 5.66.